The fourth-order valence-electron chi connectivity index (χ4n) is 3.75. The number of aryl methyl sites for hydroxylation is 1. The van der Waals surface area contributed by atoms with Crippen LogP contribution in [0.3, 0.4) is 0 Å². The van der Waals surface area contributed by atoms with Crippen LogP contribution in [-0.2, 0) is 14.6 Å². The number of carbonyl (C=O) groups excluding carboxylic acids is 2. The van der Waals surface area contributed by atoms with Crippen molar-refractivity contribution < 1.29 is 28.1 Å². The van der Waals surface area contributed by atoms with Crippen LogP contribution >= 0.6 is 12.9 Å². The molecule has 8 heteroatoms. The van der Waals surface area contributed by atoms with E-state index in [-0.39, 0.29) is 5.78 Å². The number of nitrogens with zero attached hydrogens (tertiary/aromatic N) is 1. The van der Waals surface area contributed by atoms with E-state index in [1.165, 1.54) is 4.74 Å². The lowest BCUT2D eigenvalue weighted by atomic mass is 9.95. The minimum atomic E-state index is -0.686. The second kappa shape index (κ2) is 9.65. The monoisotopic (exact) mass is 457 g/mol. The first-order valence-corrected chi connectivity index (χ1v) is 10.8. The van der Waals surface area contributed by atoms with E-state index >= 15 is 0 Å². The number of anilines is 1. The fraction of sp³-hybridized carbons (Fsp3) is 0.375. The van der Waals surface area contributed by atoms with Gasteiger partial charge < -0.3 is 9.47 Å². The van der Waals surface area contributed by atoms with Crippen molar-refractivity contribution in [1.29, 1.82) is 0 Å². The summed E-state index contributed by atoms with van der Waals surface area (Å²) in [6.07, 6.45) is 2.72. The van der Waals surface area contributed by atoms with Crippen LogP contribution in [0.2, 0.25) is 0 Å². The van der Waals surface area contributed by atoms with Gasteiger partial charge in [-0.1, -0.05) is 6.07 Å². The Hall–Kier alpha value is -3.00. The number of ketones is 1. The number of hydrogen-bond acceptors (Lipinski definition) is 6. The van der Waals surface area contributed by atoms with E-state index in [1.54, 1.807) is 13.0 Å². The van der Waals surface area contributed by atoms with Crippen LogP contribution in [0.5, 0.6) is 5.75 Å². The Morgan fingerprint density at radius 3 is 2.69 bits per heavy atom. The van der Waals surface area contributed by atoms with Crippen molar-refractivity contribution in [2.24, 2.45) is 0 Å². The molecule has 0 bridgehead atoms. The standard InChI is InChI=1S/C24H28N2O5S/c1-15-8-11-21(22(16(15)2)17(3)27)26(31-32)12-6-7-13-29-18-9-10-19-20(14-18)25-23(28)30-24(19,4)5/h8-12,14H,6-7,13H2,1-5H3,(H-,25,28,32)/p+1. The molecule has 0 spiro atoms. The van der Waals surface area contributed by atoms with Crippen LogP contribution < -0.4 is 10.1 Å². The van der Waals surface area contributed by atoms with Gasteiger partial charge in [-0.15, -0.1) is 0 Å². The van der Waals surface area contributed by atoms with Crippen molar-refractivity contribution in [3.63, 3.8) is 0 Å². The number of rotatable bonds is 8. The van der Waals surface area contributed by atoms with Crippen LogP contribution in [0.25, 0.3) is 0 Å². The number of amides is 1. The number of carbonyl (C=O) groups is 2. The predicted octanol–water partition coefficient (Wildman–Crippen LogP) is 5.65. The molecule has 0 unspecified atom stereocenters. The summed E-state index contributed by atoms with van der Waals surface area (Å²) in [6.45, 7) is 9.61. The zero-order chi connectivity index (χ0) is 23.5. The minimum absolute atomic E-state index is 0.0265. The van der Waals surface area contributed by atoms with Crippen molar-refractivity contribution in [2.75, 3.05) is 11.9 Å². The number of hydrogen-bond donors (Lipinski definition) is 2. The summed E-state index contributed by atoms with van der Waals surface area (Å²) in [5.41, 5.74) is 4.15. The van der Waals surface area contributed by atoms with Gasteiger partial charge in [0.15, 0.2) is 5.78 Å². The molecule has 2 aromatic rings. The second-order valence-corrected chi connectivity index (χ2v) is 8.43. The van der Waals surface area contributed by atoms with Crippen LogP contribution in [-0.4, -0.2) is 29.4 Å². The molecule has 0 atom stereocenters. The lowest BCUT2D eigenvalue weighted by Gasteiger charge is -2.32. The van der Waals surface area contributed by atoms with Gasteiger partial charge in [0.1, 0.15) is 24.3 Å². The van der Waals surface area contributed by atoms with E-state index < -0.39 is 11.7 Å². The first kappa shape index (κ1) is 23.7. The predicted molar refractivity (Wildman–Crippen MR) is 126 cm³/mol. The van der Waals surface area contributed by atoms with E-state index in [0.717, 1.165) is 16.7 Å². The Balaban J connectivity index is 1.64. The lowest BCUT2D eigenvalue weighted by Crippen LogP contribution is -2.34. The van der Waals surface area contributed by atoms with Crippen LogP contribution in [0, 0.1) is 13.8 Å². The van der Waals surface area contributed by atoms with E-state index in [4.69, 9.17) is 13.8 Å². The number of unbranched alkanes of at least 4 members (excludes halogenated alkanes) is 1. The summed E-state index contributed by atoms with van der Waals surface area (Å²) in [7, 11) is 0. The third-order valence-electron chi connectivity index (χ3n) is 5.53. The maximum absolute atomic E-state index is 12.2. The highest BCUT2D eigenvalue weighted by atomic mass is 32.1. The molecule has 2 aromatic carbocycles. The zero-order valence-electron chi connectivity index (χ0n) is 19.0. The van der Waals surface area contributed by atoms with Gasteiger partial charge >= 0.3 is 6.09 Å². The van der Waals surface area contributed by atoms with E-state index in [1.807, 2.05) is 58.2 Å². The Morgan fingerprint density at radius 2 is 2.00 bits per heavy atom. The lowest BCUT2D eigenvalue weighted by molar-refractivity contribution is -0.672. The second-order valence-electron chi connectivity index (χ2n) is 8.27. The Kier molecular flexibility index (Phi) is 7.13. The van der Waals surface area contributed by atoms with Gasteiger partial charge in [-0.3, -0.25) is 10.1 Å². The highest BCUT2D eigenvalue weighted by Crippen LogP contribution is 2.37. The fourth-order valence-corrected chi connectivity index (χ4v) is 3.91. The van der Waals surface area contributed by atoms with Crippen molar-refractivity contribution in [2.45, 2.75) is 53.1 Å². The number of Topliss-reactive ketones (excluding diaryl/α,β-unsaturated/α-hetero) is 1. The van der Waals surface area contributed by atoms with Crippen molar-refractivity contribution >= 4 is 42.4 Å². The third kappa shape index (κ3) is 5.07. The molecular formula is C24H29N2O5S+. The highest BCUT2D eigenvalue weighted by molar-refractivity contribution is 7.74. The van der Waals surface area contributed by atoms with Gasteiger partial charge in [0.2, 0.25) is 6.21 Å². The minimum Gasteiger partial charge on any atom is -0.494 e. The molecule has 32 heavy (non-hydrogen) atoms. The molecule has 0 radical (unpaired) electrons. The number of benzene rings is 2. The summed E-state index contributed by atoms with van der Waals surface area (Å²) < 4.78 is 17.9. The topological polar surface area (TPSA) is 76.9 Å². The Morgan fingerprint density at radius 1 is 1.25 bits per heavy atom. The molecule has 1 N–H and O–H groups in total. The molecule has 170 valence electrons. The molecule has 1 heterocycles. The summed E-state index contributed by atoms with van der Waals surface area (Å²) in [5.74, 6) is 0.637. The Bertz CT molecular complexity index is 1080. The summed E-state index contributed by atoms with van der Waals surface area (Å²) in [6, 6.07) is 9.38. The normalized spacial score (nSPS) is 14.8. The molecule has 0 saturated carbocycles. The molecule has 1 amide bonds. The SMILES string of the molecule is CC(=O)c1c([N+](=CCCCOc2ccc3c(c2)NC(=O)OC3(C)C)OS)ccc(C)c1C. The molecule has 0 fully saturated rings. The van der Waals surface area contributed by atoms with E-state index in [2.05, 4.69) is 18.2 Å². The third-order valence-corrected chi connectivity index (χ3v) is 5.70. The summed E-state index contributed by atoms with van der Waals surface area (Å²) in [5, 5.41) is 2.71. The van der Waals surface area contributed by atoms with Gasteiger partial charge in [-0.05, 0) is 64.3 Å². The largest absolute Gasteiger partial charge is 0.494 e. The summed E-state index contributed by atoms with van der Waals surface area (Å²) >= 11 is 3.96. The number of cyclic esters (lactones) is 1. The quantitative estimate of drug-likeness (QED) is 0.102. The maximum atomic E-state index is 12.2. The van der Waals surface area contributed by atoms with Gasteiger partial charge in [0, 0.05) is 28.9 Å². The molecule has 0 saturated heterocycles. The average Bonchev–Trinajstić information content (AvgIpc) is 2.71. The first-order chi connectivity index (χ1) is 15.1. The van der Waals surface area contributed by atoms with E-state index in [9.17, 15) is 9.59 Å². The number of nitrogens with one attached hydrogen (secondary N) is 1. The van der Waals surface area contributed by atoms with Crippen LogP contribution in [0.1, 0.15) is 60.7 Å². The van der Waals surface area contributed by atoms with E-state index in [0.29, 0.717) is 42.1 Å². The molecule has 1 aliphatic heterocycles. The first-order valence-electron chi connectivity index (χ1n) is 10.5. The highest BCUT2D eigenvalue weighted by Gasteiger charge is 2.33. The zero-order valence-corrected chi connectivity index (χ0v) is 19.9. The Labute approximate surface area is 193 Å². The van der Waals surface area contributed by atoms with Crippen molar-refractivity contribution in [3.8, 4) is 5.75 Å². The van der Waals surface area contributed by atoms with Gasteiger partial charge in [-0.2, -0.15) is 4.28 Å². The van der Waals surface area contributed by atoms with Crippen molar-refractivity contribution in [1.82, 2.24) is 0 Å². The molecule has 0 aromatic heterocycles. The molecule has 3 rings (SSSR count). The van der Waals surface area contributed by atoms with Crippen LogP contribution in [0.15, 0.2) is 30.3 Å². The number of ether oxygens (including phenoxy) is 2. The molecule has 1 aliphatic rings. The number of thiol groups is 1. The molecular weight excluding hydrogens is 428 g/mol. The molecule has 0 aliphatic carbocycles. The molecule has 7 nitrogen and oxygen atoms in total. The summed E-state index contributed by atoms with van der Waals surface area (Å²) in [4.78, 5) is 23.9. The van der Waals surface area contributed by atoms with Gasteiger partial charge in [0.25, 0.3) is 5.69 Å². The van der Waals surface area contributed by atoms with Crippen molar-refractivity contribution in [3.05, 3.63) is 52.6 Å². The smallest absolute Gasteiger partial charge is 0.412 e. The average molecular weight is 458 g/mol. The van der Waals surface area contributed by atoms with Gasteiger partial charge in [-0.25, -0.2) is 4.79 Å². The number of fused-ring (bicyclic) bond motifs is 1. The van der Waals surface area contributed by atoms with Crippen LogP contribution in [0.4, 0.5) is 16.2 Å². The van der Waals surface area contributed by atoms with Gasteiger partial charge in [0.05, 0.1) is 17.9 Å². The maximum Gasteiger partial charge on any atom is 0.412 e.